The Balaban J connectivity index is 1.55. The quantitative estimate of drug-likeness (QED) is 0.400. The molecule has 0 unspecified atom stereocenters. The number of amides is 1. The van der Waals surface area contributed by atoms with Gasteiger partial charge >= 0.3 is 0 Å². The van der Waals surface area contributed by atoms with Gasteiger partial charge in [-0.15, -0.1) is 0 Å². The summed E-state index contributed by atoms with van der Waals surface area (Å²) >= 11 is 12.2. The molecule has 158 valence electrons. The van der Waals surface area contributed by atoms with E-state index in [0.717, 1.165) is 11.4 Å². The van der Waals surface area contributed by atoms with Crippen LogP contribution in [0.2, 0.25) is 10.0 Å². The molecule has 0 spiro atoms. The van der Waals surface area contributed by atoms with Gasteiger partial charge < -0.3 is 5.32 Å². The first-order valence-corrected chi connectivity index (χ1v) is 10.5. The number of anilines is 1. The average molecular weight is 454 g/mol. The van der Waals surface area contributed by atoms with Gasteiger partial charge in [0.05, 0.1) is 34.3 Å². The lowest BCUT2D eigenvalue weighted by Crippen LogP contribution is -2.14. The number of aromatic nitrogens is 4. The topological polar surface area (TPSA) is 75.6 Å². The molecule has 2 heterocycles. The predicted molar refractivity (Wildman–Crippen MR) is 124 cm³/mol. The number of nitrogens with zero attached hydrogens (tertiary/aromatic N) is 3. The standard InChI is InChI=1S/C23H21Cl2N5O/c1-13-6-4-5-7-16(13)12-30-15(3)22(14(2)29-30)26-23(31)21-11-20(27-28-21)18-9-8-17(24)10-19(18)25/h4-11H,12H2,1-3H3,(H,26,31)(H,27,28). The number of aryl methyl sites for hydroxylation is 2. The van der Waals surface area contributed by atoms with Gasteiger partial charge in [0.2, 0.25) is 0 Å². The molecule has 4 aromatic rings. The van der Waals surface area contributed by atoms with Crippen LogP contribution in [-0.4, -0.2) is 25.9 Å². The maximum absolute atomic E-state index is 12.9. The summed E-state index contributed by atoms with van der Waals surface area (Å²) in [4.78, 5) is 12.9. The first-order chi connectivity index (χ1) is 14.8. The SMILES string of the molecule is Cc1ccccc1Cn1nc(C)c(NC(=O)c2cc(-c3ccc(Cl)cc3Cl)n[nH]2)c1C. The zero-order chi connectivity index (χ0) is 22.1. The maximum Gasteiger partial charge on any atom is 0.273 e. The Hall–Kier alpha value is -3.09. The van der Waals surface area contributed by atoms with Crippen molar-refractivity contribution in [3.8, 4) is 11.3 Å². The van der Waals surface area contributed by atoms with Gasteiger partial charge in [-0.3, -0.25) is 14.6 Å². The Morgan fingerprint density at radius 3 is 2.61 bits per heavy atom. The zero-order valence-electron chi connectivity index (χ0n) is 17.3. The summed E-state index contributed by atoms with van der Waals surface area (Å²) in [6.45, 7) is 6.54. The second kappa shape index (κ2) is 8.57. The minimum atomic E-state index is -0.300. The summed E-state index contributed by atoms with van der Waals surface area (Å²) in [5.41, 5.74) is 6.30. The third kappa shape index (κ3) is 4.36. The Labute approximate surface area is 190 Å². The van der Waals surface area contributed by atoms with E-state index >= 15 is 0 Å². The van der Waals surface area contributed by atoms with E-state index in [-0.39, 0.29) is 5.91 Å². The monoisotopic (exact) mass is 453 g/mol. The second-order valence-corrected chi connectivity index (χ2v) is 8.22. The lowest BCUT2D eigenvalue weighted by Gasteiger charge is -2.08. The number of H-pyrrole nitrogens is 1. The normalized spacial score (nSPS) is 11.0. The molecule has 31 heavy (non-hydrogen) atoms. The van der Waals surface area contributed by atoms with E-state index in [1.54, 1.807) is 24.3 Å². The Kier molecular flexibility index (Phi) is 5.85. The van der Waals surface area contributed by atoms with E-state index in [1.807, 2.05) is 30.7 Å². The van der Waals surface area contributed by atoms with E-state index in [1.165, 1.54) is 11.1 Å². The highest BCUT2D eigenvalue weighted by molar-refractivity contribution is 6.36. The van der Waals surface area contributed by atoms with Gasteiger partial charge in [0.15, 0.2) is 0 Å². The highest BCUT2D eigenvalue weighted by atomic mass is 35.5. The number of halogens is 2. The molecule has 0 aliphatic carbocycles. The van der Waals surface area contributed by atoms with Crippen LogP contribution in [0.25, 0.3) is 11.3 Å². The van der Waals surface area contributed by atoms with Crippen molar-refractivity contribution < 1.29 is 4.79 Å². The van der Waals surface area contributed by atoms with Crippen molar-refractivity contribution in [2.75, 3.05) is 5.32 Å². The summed E-state index contributed by atoms with van der Waals surface area (Å²) in [5, 5.41) is 15.6. The average Bonchev–Trinajstić information content (AvgIpc) is 3.31. The largest absolute Gasteiger partial charge is 0.318 e. The van der Waals surface area contributed by atoms with E-state index in [0.29, 0.717) is 39.2 Å². The van der Waals surface area contributed by atoms with E-state index < -0.39 is 0 Å². The van der Waals surface area contributed by atoms with Gasteiger partial charge in [-0.05, 0) is 56.2 Å². The number of aromatic amines is 1. The highest BCUT2D eigenvalue weighted by Gasteiger charge is 2.18. The molecular weight excluding hydrogens is 433 g/mol. The number of hydrogen-bond acceptors (Lipinski definition) is 3. The molecule has 0 aliphatic rings. The molecule has 2 aromatic carbocycles. The van der Waals surface area contributed by atoms with Gasteiger partial charge in [-0.1, -0.05) is 47.5 Å². The molecule has 0 saturated carbocycles. The van der Waals surface area contributed by atoms with Crippen LogP contribution in [0, 0.1) is 20.8 Å². The van der Waals surface area contributed by atoms with Gasteiger partial charge in [0, 0.05) is 10.6 Å². The summed E-state index contributed by atoms with van der Waals surface area (Å²) < 4.78 is 1.90. The second-order valence-electron chi connectivity index (χ2n) is 7.38. The number of benzene rings is 2. The van der Waals surface area contributed by atoms with Crippen LogP contribution in [0.3, 0.4) is 0 Å². The van der Waals surface area contributed by atoms with Crippen molar-refractivity contribution in [3.63, 3.8) is 0 Å². The molecule has 6 nitrogen and oxygen atoms in total. The molecule has 0 aliphatic heterocycles. The molecule has 0 fully saturated rings. The Morgan fingerprint density at radius 2 is 1.87 bits per heavy atom. The predicted octanol–water partition coefficient (Wildman–Crippen LogP) is 5.81. The summed E-state index contributed by atoms with van der Waals surface area (Å²) in [5.74, 6) is -0.300. The Bertz CT molecular complexity index is 1270. The van der Waals surface area contributed by atoms with Crippen LogP contribution in [0.1, 0.15) is 33.0 Å². The third-order valence-electron chi connectivity index (χ3n) is 5.23. The van der Waals surface area contributed by atoms with Gasteiger partial charge in [0.25, 0.3) is 5.91 Å². The summed E-state index contributed by atoms with van der Waals surface area (Å²) in [7, 11) is 0. The third-order valence-corrected chi connectivity index (χ3v) is 5.78. The smallest absolute Gasteiger partial charge is 0.273 e. The van der Waals surface area contributed by atoms with Crippen LogP contribution in [0.5, 0.6) is 0 Å². The van der Waals surface area contributed by atoms with Gasteiger partial charge in [-0.25, -0.2) is 0 Å². The molecular formula is C23H21Cl2N5O. The lowest BCUT2D eigenvalue weighted by molar-refractivity contribution is 0.102. The molecule has 1 amide bonds. The van der Waals surface area contributed by atoms with Gasteiger partial charge in [-0.2, -0.15) is 10.2 Å². The Morgan fingerprint density at radius 1 is 1.10 bits per heavy atom. The van der Waals surface area contributed by atoms with Crippen molar-refractivity contribution in [1.82, 2.24) is 20.0 Å². The molecule has 0 radical (unpaired) electrons. The van der Waals surface area contributed by atoms with E-state index in [9.17, 15) is 4.79 Å². The van der Waals surface area contributed by atoms with E-state index in [2.05, 4.69) is 39.7 Å². The first kappa shape index (κ1) is 21.2. The minimum absolute atomic E-state index is 0.300. The van der Waals surface area contributed by atoms with Crippen LogP contribution < -0.4 is 5.32 Å². The number of carbonyl (C=O) groups is 1. The van der Waals surface area contributed by atoms with Crippen LogP contribution >= 0.6 is 23.2 Å². The van der Waals surface area contributed by atoms with E-state index in [4.69, 9.17) is 23.2 Å². The van der Waals surface area contributed by atoms with Crippen LogP contribution in [0.15, 0.2) is 48.5 Å². The number of nitrogens with one attached hydrogen (secondary N) is 2. The molecule has 2 N–H and O–H groups in total. The maximum atomic E-state index is 12.9. The fourth-order valence-corrected chi connectivity index (χ4v) is 3.94. The number of rotatable bonds is 5. The molecule has 8 heteroatoms. The lowest BCUT2D eigenvalue weighted by atomic mass is 10.1. The van der Waals surface area contributed by atoms with Crippen molar-refractivity contribution in [2.45, 2.75) is 27.3 Å². The van der Waals surface area contributed by atoms with Crippen LogP contribution in [0.4, 0.5) is 5.69 Å². The molecule has 0 saturated heterocycles. The van der Waals surface area contributed by atoms with Crippen LogP contribution in [-0.2, 0) is 6.54 Å². The molecule has 2 aromatic heterocycles. The number of carbonyl (C=O) groups excluding carboxylic acids is 1. The minimum Gasteiger partial charge on any atom is -0.318 e. The number of hydrogen-bond donors (Lipinski definition) is 2. The van der Waals surface area contributed by atoms with Crippen molar-refractivity contribution in [3.05, 3.63) is 86.8 Å². The van der Waals surface area contributed by atoms with Gasteiger partial charge in [0.1, 0.15) is 5.69 Å². The zero-order valence-corrected chi connectivity index (χ0v) is 18.8. The first-order valence-electron chi connectivity index (χ1n) is 9.74. The summed E-state index contributed by atoms with van der Waals surface area (Å²) in [6.07, 6.45) is 0. The highest BCUT2D eigenvalue weighted by Crippen LogP contribution is 2.29. The summed E-state index contributed by atoms with van der Waals surface area (Å²) in [6, 6.07) is 15.0. The van der Waals surface area contributed by atoms with Crippen molar-refractivity contribution in [1.29, 1.82) is 0 Å². The fourth-order valence-electron chi connectivity index (χ4n) is 3.43. The fraction of sp³-hybridized carbons (Fsp3) is 0.174. The van der Waals surface area contributed by atoms with Crippen molar-refractivity contribution in [2.24, 2.45) is 0 Å². The molecule has 4 rings (SSSR count). The van der Waals surface area contributed by atoms with Crippen molar-refractivity contribution >= 4 is 34.8 Å². The molecule has 0 bridgehead atoms. The molecule has 0 atom stereocenters.